The number of anilines is 2. The van der Waals surface area contributed by atoms with Crippen LogP contribution in [0.3, 0.4) is 0 Å². The van der Waals surface area contributed by atoms with Crippen LogP contribution in [0, 0.1) is 18.3 Å². The number of aryl methyl sites for hydroxylation is 1. The Labute approximate surface area is 145 Å². The molecule has 0 bridgehead atoms. The maximum absolute atomic E-state index is 11.8. The first-order valence-electron chi connectivity index (χ1n) is 7.31. The maximum Gasteiger partial charge on any atom is 0.234 e. The van der Waals surface area contributed by atoms with Crippen molar-refractivity contribution in [1.29, 1.82) is 5.26 Å². The minimum Gasteiger partial charge on any atom is -0.325 e. The van der Waals surface area contributed by atoms with Crippen molar-refractivity contribution in [2.24, 2.45) is 0 Å². The van der Waals surface area contributed by atoms with E-state index >= 15 is 0 Å². The van der Waals surface area contributed by atoms with E-state index < -0.39 is 0 Å². The van der Waals surface area contributed by atoms with Crippen molar-refractivity contribution in [3.05, 3.63) is 59.7 Å². The Morgan fingerprint density at radius 1 is 0.917 bits per heavy atom. The number of carbonyl (C=O) groups is 2. The number of nitrogens with one attached hydrogen (secondary N) is 2. The van der Waals surface area contributed by atoms with E-state index in [9.17, 15) is 9.59 Å². The van der Waals surface area contributed by atoms with Gasteiger partial charge in [0.1, 0.15) is 0 Å². The maximum atomic E-state index is 11.8. The quantitative estimate of drug-likeness (QED) is 0.847. The monoisotopic (exact) mass is 339 g/mol. The van der Waals surface area contributed by atoms with E-state index in [0.717, 1.165) is 11.3 Å². The van der Waals surface area contributed by atoms with Gasteiger partial charge >= 0.3 is 0 Å². The van der Waals surface area contributed by atoms with Gasteiger partial charge in [-0.25, -0.2) is 0 Å². The Morgan fingerprint density at radius 3 is 1.83 bits per heavy atom. The number of nitrogens with zero attached hydrogens (tertiary/aromatic N) is 1. The van der Waals surface area contributed by atoms with Gasteiger partial charge in [-0.15, -0.1) is 11.8 Å². The van der Waals surface area contributed by atoms with Crippen LogP contribution in [-0.2, 0) is 9.59 Å². The highest BCUT2D eigenvalue weighted by atomic mass is 32.2. The highest BCUT2D eigenvalue weighted by Gasteiger charge is 2.06. The largest absolute Gasteiger partial charge is 0.325 e. The molecule has 6 heteroatoms. The minimum absolute atomic E-state index is 0.143. The van der Waals surface area contributed by atoms with Crippen LogP contribution in [0.4, 0.5) is 11.4 Å². The number of amides is 2. The standard InChI is InChI=1S/C18H17N3O2S/c1-13-2-6-15(7-3-13)20-17(22)11-24-12-18(23)21-16-8-4-14(10-19)5-9-16/h2-9H,11-12H2,1H3,(H,20,22)(H,21,23). The van der Waals surface area contributed by atoms with Crippen molar-refractivity contribution < 1.29 is 9.59 Å². The molecule has 0 saturated heterocycles. The predicted molar refractivity (Wildman–Crippen MR) is 96.9 cm³/mol. The smallest absolute Gasteiger partial charge is 0.234 e. The Hall–Kier alpha value is -2.78. The van der Waals surface area contributed by atoms with Gasteiger partial charge in [0.2, 0.25) is 11.8 Å². The second-order valence-electron chi connectivity index (χ2n) is 5.14. The Bertz CT molecular complexity index is 749. The zero-order valence-electron chi connectivity index (χ0n) is 13.2. The highest BCUT2D eigenvalue weighted by Crippen LogP contribution is 2.11. The van der Waals surface area contributed by atoms with Crippen LogP contribution in [0.25, 0.3) is 0 Å². The Balaban J connectivity index is 1.70. The second kappa shape index (κ2) is 8.75. The van der Waals surface area contributed by atoms with Crippen LogP contribution in [-0.4, -0.2) is 23.3 Å². The van der Waals surface area contributed by atoms with E-state index in [1.165, 1.54) is 11.8 Å². The number of benzene rings is 2. The third-order valence-corrected chi connectivity index (χ3v) is 4.03. The van der Waals surface area contributed by atoms with Gasteiger partial charge in [0, 0.05) is 11.4 Å². The molecule has 2 rings (SSSR count). The fourth-order valence-corrected chi connectivity index (χ4v) is 2.51. The molecule has 24 heavy (non-hydrogen) atoms. The molecule has 0 aliphatic carbocycles. The van der Waals surface area contributed by atoms with Crippen molar-refractivity contribution >= 4 is 35.0 Å². The molecule has 0 aliphatic heterocycles. The number of nitriles is 1. The van der Waals surface area contributed by atoms with E-state index in [-0.39, 0.29) is 23.3 Å². The SMILES string of the molecule is Cc1ccc(NC(=O)CSCC(=O)Nc2ccc(C#N)cc2)cc1. The molecule has 0 radical (unpaired) electrons. The number of thioether (sulfide) groups is 1. The van der Waals surface area contributed by atoms with Gasteiger partial charge in [-0.05, 0) is 43.3 Å². The summed E-state index contributed by atoms with van der Waals surface area (Å²) in [6.07, 6.45) is 0. The van der Waals surface area contributed by atoms with Crippen molar-refractivity contribution in [3.8, 4) is 6.07 Å². The van der Waals surface area contributed by atoms with E-state index in [1.807, 2.05) is 37.3 Å². The summed E-state index contributed by atoms with van der Waals surface area (Å²) in [6.45, 7) is 1.98. The van der Waals surface area contributed by atoms with Gasteiger partial charge in [-0.3, -0.25) is 9.59 Å². The number of hydrogen-bond donors (Lipinski definition) is 2. The molecule has 0 spiro atoms. The third-order valence-electron chi connectivity index (χ3n) is 3.10. The summed E-state index contributed by atoms with van der Waals surface area (Å²) in [6, 6.07) is 16.2. The molecule has 2 aromatic carbocycles. The molecule has 0 atom stereocenters. The van der Waals surface area contributed by atoms with E-state index in [1.54, 1.807) is 24.3 Å². The molecule has 2 amide bonds. The summed E-state index contributed by atoms with van der Waals surface area (Å²) < 4.78 is 0. The first kappa shape index (κ1) is 17.6. The molecule has 0 aromatic heterocycles. The lowest BCUT2D eigenvalue weighted by molar-refractivity contribution is -0.114. The predicted octanol–water partition coefficient (Wildman–Crippen LogP) is 3.18. The minimum atomic E-state index is -0.187. The van der Waals surface area contributed by atoms with Gasteiger partial charge in [-0.1, -0.05) is 17.7 Å². The molecule has 0 aliphatic rings. The van der Waals surface area contributed by atoms with E-state index in [0.29, 0.717) is 11.3 Å². The molecule has 2 aromatic rings. The molecule has 122 valence electrons. The first-order valence-corrected chi connectivity index (χ1v) is 8.46. The molecular weight excluding hydrogens is 322 g/mol. The topological polar surface area (TPSA) is 82.0 Å². The molecule has 0 fully saturated rings. The fraction of sp³-hybridized carbons (Fsp3) is 0.167. The third kappa shape index (κ3) is 5.78. The zero-order chi connectivity index (χ0) is 17.4. The summed E-state index contributed by atoms with van der Waals surface area (Å²) in [5, 5.41) is 14.2. The average Bonchev–Trinajstić information content (AvgIpc) is 2.57. The number of carbonyl (C=O) groups excluding carboxylic acids is 2. The van der Waals surface area contributed by atoms with Crippen molar-refractivity contribution in [2.75, 3.05) is 22.1 Å². The number of hydrogen-bond acceptors (Lipinski definition) is 4. The van der Waals surface area contributed by atoms with Gasteiger partial charge in [-0.2, -0.15) is 5.26 Å². The fourth-order valence-electron chi connectivity index (χ4n) is 1.90. The van der Waals surface area contributed by atoms with Crippen molar-refractivity contribution in [1.82, 2.24) is 0 Å². The average molecular weight is 339 g/mol. The molecule has 5 nitrogen and oxygen atoms in total. The van der Waals surface area contributed by atoms with Crippen LogP contribution in [0.15, 0.2) is 48.5 Å². The van der Waals surface area contributed by atoms with Gasteiger partial charge in [0.05, 0.1) is 23.1 Å². The zero-order valence-corrected chi connectivity index (χ0v) is 14.0. The van der Waals surface area contributed by atoms with Gasteiger partial charge in [0.25, 0.3) is 0 Å². The molecular formula is C18H17N3O2S. The summed E-state index contributed by atoms with van der Waals surface area (Å²) in [5.41, 5.74) is 3.04. The highest BCUT2D eigenvalue weighted by molar-refractivity contribution is 8.00. The van der Waals surface area contributed by atoms with Crippen LogP contribution in [0.2, 0.25) is 0 Å². The van der Waals surface area contributed by atoms with Crippen LogP contribution < -0.4 is 10.6 Å². The van der Waals surface area contributed by atoms with Crippen LogP contribution >= 0.6 is 11.8 Å². The lowest BCUT2D eigenvalue weighted by Crippen LogP contribution is -2.18. The lowest BCUT2D eigenvalue weighted by Gasteiger charge is -2.06. The molecule has 2 N–H and O–H groups in total. The summed E-state index contributed by atoms with van der Waals surface area (Å²) in [4.78, 5) is 23.6. The van der Waals surface area contributed by atoms with Gasteiger partial charge in [0.15, 0.2) is 0 Å². The summed E-state index contributed by atoms with van der Waals surface area (Å²) in [7, 11) is 0. The molecule has 0 unspecified atom stereocenters. The normalized spacial score (nSPS) is 9.83. The summed E-state index contributed by atoms with van der Waals surface area (Å²) in [5.74, 6) is 0.0542. The van der Waals surface area contributed by atoms with E-state index in [4.69, 9.17) is 5.26 Å². The Kier molecular flexibility index (Phi) is 6.41. The van der Waals surface area contributed by atoms with Crippen LogP contribution in [0.1, 0.15) is 11.1 Å². The van der Waals surface area contributed by atoms with Crippen molar-refractivity contribution in [3.63, 3.8) is 0 Å². The van der Waals surface area contributed by atoms with Crippen LogP contribution in [0.5, 0.6) is 0 Å². The summed E-state index contributed by atoms with van der Waals surface area (Å²) >= 11 is 1.24. The number of rotatable bonds is 6. The van der Waals surface area contributed by atoms with Crippen molar-refractivity contribution in [2.45, 2.75) is 6.92 Å². The first-order chi connectivity index (χ1) is 11.6. The lowest BCUT2D eigenvalue weighted by atomic mass is 10.2. The van der Waals surface area contributed by atoms with E-state index in [2.05, 4.69) is 10.6 Å². The second-order valence-corrected chi connectivity index (χ2v) is 6.13. The molecule has 0 saturated carbocycles. The Morgan fingerprint density at radius 2 is 1.38 bits per heavy atom. The molecule has 0 heterocycles. The van der Waals surface area contributed by atoms with Gasteiger partial charge < -0.3 is 10.6 Å².